The summed E-state index contributed by atoms with van der Waals surface area (Å²) in [7, 11) is -1.67. The first-order chi connectivity index (χ1) is 51.0. The van der Waals surface area contributed by atoms with Crippen LogP contribution in [0.25, 0.3) is 5.69 Å². The first-order valence-corrected chi connectivity index (χ1v) is 38.1. The number of carboxylic acid groups (broad SMARTS) is 2. The highest BCUT2D eigenvalue weighted by Crippen LogP contribution is 2.47. The molecule has 14 rings (SSSR count). The molecule has 552 valence electrons. The second-order valence-corrected chi connectivity index (χ2v) is 30.7. The monoisotopic (exact) mass is 1800 g/mol. The van der Waals surface area contributed by atoms with E-state index in [0.717, 1.165) is 62.1 Å². The molecule has 9 N–H and O–H groups in total. The smallest absolute Gasteiger partial charge is 0.521 e. The van der Waals surface area contributed by atoms with Crippen molar-refractivity contribution in [2.24, 2.45) is 0 Å². The summed E-state index contributed by atoms with van der Waals surface area (Å²) in [5.74, 6) is -2.32. The van der Waals surface area contributed by atoms with E-state index in [9.17, 15) is 19.5 Å². The maximum atomic E-state index is 11.7. The van der Waals surface area contributed by atoms with E-state index < -0.39 is 25.8 Å². The van der Waals surface area contributed by atoms with Crippen LogP contribution in [-0.2, 0) is 30.4 Å². The van der Waals surface area contributed by atoms with Crippen molar-refractivity contribution < 1.29 is 55.3 Å². The highest BCUT2D eigenvalue weighted by Gasteiger charge is 2.34. The minimum Gasteiger partial charge on any atom is -0.565 e. The van der Waals surface area contributed by atoms with E-state index in [1.165, 1.54) is 52.5 Å². The van der Waals surface area contributed by atoms with Gasteiger partial charge < -0.3 is 51.5 Å². The zero-order valence-corrected chi connectivity index (χ0v) is 68.2. The Morgan fingerprint density at radius 3 is 1.32 bits per heavy atom. The van der Waals surface area contributed by atoms with Crippen molar-refractivity contribution in [3.8, 4) is 5.69 Å². The number of carboxylic acids is 2. The maximum Gasteiger partial charge on any atom is 0.521 e. The van der Waals surface area contributed by atoms with Gasteiger partial charge in [0.25, 0.3) is 0 Å². The van der Waals surface area contributed by atoms with E-state index >= 15 is 0 Å². The topological polar surface area (TPSA) is 269 Å². The van der Waals surface area contributed by atoms with E-state index in [2.05, 4.69) is 229 Å². The summed E-state index contributed by atoms with van der Waals surface area (Å²) in [6, 6.07) is 81.8. The molecule has 2 aliphatic heterocycles. The number of rotatable bonds is 12. The lowest BCUT2D eigenvalue weighted by atomic mass is 9.74. The summed E-state index contributed by atoms with van der Waals surface area (Å²) in [5.41, 5.74) is 17.1. The number of nitrogens with zero attached hydrogens (tertiary/aromatic N) is 2. The lowest BCUT2D eigenvalue weighted by molar-refractivity contribution is -0.244. The van der Waals surface area contributed by atoms with Gasteiger partial charge in [0.15, 0.2) is 0 Å². The minimum atomic E-state index is -3.04. The summed E-state index contributed by atoms with van der Waals surface area (Å²) in [4.78, 5) is 42.1. The van der Waals surface area contributed by atoms with Crippen molar-refractivity contribution >= 4 is 174 Å². The largest absolute Gasteiger partial charge is 0.565 e. The van der Waals surface area contributed by atoms with Crippen molar-refractivity contribution in [2.45, 2.75) is 58.0 Å². The first-order valence-electron chi connectivity index (χ1n) is 32.7. The summed E-state index contributed by atoms with van der Waals surface area (Å²) < 4.78 is 22.9. The molecule has 0 bridgehead atoms. The Balaban J connectivity index is 0.000000179. The number of hydrogen-bond acceptors (Lipinski definition) is 15. The van der Waals surface area contributed by atoms with Gasteiger partial charge in [0.1, 0.15) is 0 Å². The number of para-hydroxylation sites is 5. The third-order valence-corrected chi connectivity index (χ3v) is 19.4. The number of carbonyl (C=O) groups is 3. The molecule has 0 spiro atoms. The molecule has 18 nitrogen and oxygen atoms in total. The van der Waals surface area contributed by atoms with Crippen LogP contribution < -0.4 is 31.5 Å². The van der Waals surface area contributed by atoms with Gasteiger partial charge >= 0.3 is 26.2 Å². The lowest BCUT2D eigenvalue weighted by Crippen LogP contribution is -2.26. The number of methoxy groups -OCH3 is 1. The van der Waals surface area contributed by atoms with Crippen LogP contribution in [0.4, 0.5) is 56.9 Å². The number of aliphatic hydroxyl groups is 1. The van der Waals surface area contributed by atoms with Crippen LogP contribution in [0.3, 0.4) is 0 Å². The van der Waals surface area contributed by atoms with Crippen molar-refractivity contribution in [3.63, 3.8) is 0 Å². The van der Waals surface area contributed by atoms with Gasteiger partial charge in [0.05, 0.1) is 51.5 Å². The number of aromatic carboxylic acids is 2. The van der Waals surface area contributed by atoms with Gasteiger partial charge in [0, 0.05) is 103 Å². The number of hydrogen-bond donors (Lipinski definition) is 9. The summed E-state index contributed by atoms with van der Waals surface area (Å²) >= 11 is 22.5. The Hall–Kier alpha value is -9.33. The van der Waals surface area contributed by atoms with Gasteiger partial charge in [-0.05, 0) is 186 Å². The Kier molecular flexibility index (Phi) is 30.3. The van der Waals surface area contributed by atoms with Crippen LogP contribution >= 0.6 is 99.5 Å². The van der Waals surface area contributed by atoms with Crippen molar-refractivity contribution in [1.82, 2.24) is 9.78 Å². The number of benzene rings is 11. The number of aromatic nitrogens is 2. The second kappa shape index (κ2) is 39.0. The van der Waals surface area contributed by atoms with Gasteiger partial charge in [-0.15, -0.1) is 0 Å². The van der Waals surface area contributed by atoms with Crippen LogP contribution in [-0.4, -0.2) is 55.4 Å². The SMILES string of the molecule is CC(C)(O)c1ccc(Br)cc1Nc1ccccc1.CC1(C)c2ccccc2Nc2cc(-n3cccn3)ccc21.CC1(C)c2ccccc2Nc2cc(Br)ccc21.COC(=O)c1ccc(Br)cc1Nc1ccccc1.O=C(O)c1ccc(Br)cc1Cl.O=C(O)c1ccc(Br)cc1Nc1ccccc1.O=[P+]([O-])OO.[HH]. The molecular formula is C82H76Br5ClN7O11P. The van der Waals surface area contributed by atoms with E-state index in [1.54, 1.807) is 56.4 Å². The van der Waals surface area contributed by atoms with Crippen LogP contribution in [0.15, 0.2) is 290 Å². The second-order valence-electron chi connectivity index (χ2n) is 25.1. The van der Waals surface area contributed by atoms with Crippen molar-refractivity contribution in [1.29, 1.82) is 0 Å². The molecule has 1 atom stereocenters. The van der Waals surface area contributed by atoms with Gasteiger partial charge in [0.2, 0.25) is 0 Å². The normalized spacial score (nSPS) is 12.1. The maximum absolute atomic E-state index is 11.7. The average Bonchev–Trinajstić information content (AvgIpc) is 0.767. The fourth-order valence-electron chi connectivity index (χ4n) is 11.3. The molecule has 1 unspecified atom stereocenters. The number of carbonyl (C=O) groups excluding carboxylic acids is 1. The molecule has 11 aromatic carbocycles. The van der Waals surface area contributed by atoms with Gasteiger partial charge in [-0.1, -0.05) is 228 Å². The van der Waals surface area contributed by atoms with Gasteiger partial charge in [-0.25, -0.2) is 24.3 Å². The van der Waals surface area contributed by atoms with Crippen LogP contribution in [0, 0.1) is 0 Å². The summed E-state index contributed by atoms with van der Waals surface area (Å²) in [5, 5.41) is 56.1. The number of anilines is 10. The average molecular weight is 1800 g/mol. The first kappa shape index (κ1) is 83.3. The fraction of sp³-hybridized carbons (Fsp3) is 0.122. The van der Waals surface area contributed by atoms with Gasteiger partial charge in [-0.3, -0.25) is 0 Å². The van der Waals surface area contributed by atoms with Crippen molar-refractivity contribution in [2.75, 3.05) is 33.7 Å². The molecule has 0 saturated heterocycles. The third-order valence-electron chi connectivity index (χ3n) is 16.5. The molecule has 3 heterocycles. The van der Waals surface area contributed by atoms with Crippen LogP contribution in [0.2, 0.25) is 5.02 Å². The Labute approximate surface area is 670 Å². The number of fused-ring (bicyclic) bond motifs is 4. The molecular weight excluding hydrogens is 1720 g/mol. The molecule has 0 aliphatic carbocycles. The molecule has 0 saturated carbocycles. The fourth-order valence-corrected chi connectivity index (χ4v) is 13.5. The number of halogens is 6. The Bertz CT molecular complexity index is 5050. The third kappa shape index (κ3) is 23.6. The molecule has 0 amide bonds. The van der Waals surface area contributed by atoms with Gasteiger partial charge in [-0.2, -0.15) is 5.10 Å². The summed E-state index contributed by atoms with van der Waals surface area (Å²) in [6.45, 7) is 12.7. The lowest BCUT2D eigenvalue weighted by Gasteiger charge is -2.35. The predicted molar refractivity (Wildman–Crippen MR) is 446 cm³/mol. The zero-order valence-electron chi connectivity index (χ0n) is 58.7. The minimum absolute atomic E-state index is 0. The molecule has 107 heavy (non-hydrogen) atoms. The Morgan fingerprint density at radius 1 is 0.505 bits per heavy atom. The van der Waals surface area contributed by atoms with Crippen molar-refractivity contribution in [3.05, 3.63) is 339 Å². The predicted octanol–water partition coefficient (Wildman–Crippen LogP) is 23.9. The Morgan fingerprint density at radius 2 is 0.879 bits per heavy atom. The molecule has 25 heteroatoms. The van der Waals surface area contributed by atoms with E-state index in [1.807, 2.05) is 138 Å². The highest BCUT2D eigenvalue weighted by atomic mass is 79.9. The standard InChI is InChI=1S/C18H17N3.C15H16BrNO.C15H14BrN.C14H12BrNO2.C13H10BrNO2.C7H4BrClO2.HO4P.H2/c1-18(2)14-6-3-4-7-16(14)20-17-12-13(8-9-15(17)18)21-11-5-10-19-21;1-15(2,18)13-9-8-11(16)10-14(13)17-12-6-4-3-5-7-12;1-15(2)11-5-3-4-6-13(11)17-14-9-10(16)7-8-12(14)15;1-18-14(17)12-8-7-10(15)9-13(12)16-11-5-3-2-4-6-11;14-9-6-7-11(13(16)17)12(8-9)15-10-4-2-1-3-5-10;8-4-1-2-5(7(10)11)6(9)3-4;1-4-5(2)3;/h3-12,20H,1-2H3;3-10,17-18H,1-2H3;3-9,17H,1-2H3;2-9,16H,1H3;1-8,15H,(H,16,17);1-3H,(H,10,11);1H;1H. The number of nitrogens with one attached hydrogen (secondary N) is 5. The molecule has 0 radical (unpaired) electrons. The number of esters is 1. The van der Waals surface area contributed by atoms with E-state index in [0.29, 0.717) is 16.9 Å². The van der Waals surface area contributed by atoms with E-state index in [4.69, 9.17) is 41.3 Å². The highest BCUT2D eigenvalue weighted by molar-refractivity contribution is 9.11. The summed E-state index contributed by atoms with van der Waals surface area (Å²) in [6.07, 6.45) is 3.76. The number of ether oxygens (including phenoxy) is 1. The van der Waals surface area contributed by atoms with Crippen LogP contribution in [0.5, 0.6) is 0 Å². The molecule has 0 fully saturated rings. The van der Waals surface area contributed by atoms with E-state index in [-0.39, 0.29) is 34.4 Å². The quantitative estimate of drug-likeness (QED) is 0.0238. The molecule has 12 aromatic rings. The molecule has 1 aromatic heterocycles. The van der Waals surface area contributed by atoms with Crippen LogP contribution in [0.1, 0.15) is 102 Å². The molecule has 2 aliphatic rings. The zero-order chi connectivity index (χ0) is 77.6.